The lowest BCUT2D eigenvalue weighted by Gasteiger charge is -2.15. The summed E-state index contributed by atoms with van der Waals surface area (Å²) < 4.78 is 83.7. The number of amides is 1. The normalized spacial score (nSPS) is 14.6. The second-order valence-electron chi connectivity index (χ2n) is 8.36. The molecule has 4 aromatic carbocycles. The van der Waals surface area contributed by atoms with E-state index in [9.17, 15) is 31.1 Å². The Labute approximate surface area is 217 Å². The minimum absolute atomic E-state index is 0.0287. The first-order valence-corrected chi connectivity index (χ1v) is 12.2. The zero-order chi connectivity index (χ0) is 27.1. The van der Waals surface area contributed by atoms with Crippen LogP contribution in [0.5, 0.6) is 0 Å². The van der Waals surface area contributed by atoms with Gasteiger partial charge in [0.25, 0.3) is 5.91 Å². The molecule has 38 heavy (non-hydrogen) atoms. The van der Waals surface area contributed by atoms with Gasteiger partial charge in [0.15, 0.2) is 23.3 Å². The summed E-state index contributed by atoms with van der Waals surface area (Å²) in [5.41, 5.74) is -0.386. The highest BCUT2D eigenvalue weighted by molar-refractivity contribution is 7.98. The number of hydrazone groups is 1. The van der Waals surface area contributed by atoms with Crippen LogP contribution in [0.3, 0.4) is 0 Å². The van der Waals surface area contributed by atoms with Crippen molar-refractivity contribution in [2.75, 3.05) is 5.01 Å². The molecule has 0 atom stereocenters. The van der Waals surface area contributed by atoms with Gasteiger partial charge in [0.05, 0.1) is 11.3 Å². The lowest BCUT2D eigenvalue weighted by atomic mass is 10.0. The highest BCUT2D eigenvalue weighted by Crippen LogP contribution is 2.36. The number of fused-ring (bicyclic) bond motifs is 1. The van der Waals surface area contributed by atoms with Gasteiger partial charge in [-0.15, -0.1) is 11.8 Å². The van der Waals surface area contributed by atoms with Crippen LogP contribution in [0, 0.1) is 34.9 Å². The average Bonchev–Trinajstić information content (AvgIpc) is 3.19. The third-order valence-electron chi connectivity index (χ3n) is 6.02. The Balaban J connectivity index is 1.52. The van der Waals surface area contributed by atoms with Gasteiger partial charge < -0.3 is 0 Å². The van der Waals surface area contributed by atoms with E-state index in [1.807, 2.05) is 18.2 Å². The van der Waals surface area contributed by atoms with Crippen LogP contribution in [0.15, 0.2) is 76.2 Å². The van der Waals surface area contributed by atoms with Crippen LogP contribution >= 0.6 is 11.8 Å². The average molecular weight is 543 g/mol. The number of halogens is 6. The van der Waals surface area contributed by atoms with E-state index in [-0.39, 0.29) is 22.1 Å². The van der Waals surface area contributed by atoms with Crippen molar-refractivity contribution in [3.63, 3.8) is 0 Å². The van der Waals surface area contributed by atoms with Gasteiger partial charge in [0, 0.05) is 10.6 Å². The fraction of sp³-hybridized carbons (Fsp3) is 0.0714. The topological polar surface area (TPSA) is 32.7 Å². The van der Waals surface area contributed by atoms with Crippen molar-refractivity contribution in [1.82, 2.24) is 0 Å². The SMILES string of the molecule is CC1=NN(c2c(F)c(F)c(F)c(F)c2F)C(=O)/C1=C/c1ccc(SCc2ccccc2F)c2ccccc12. The molecule has 0 aromatic heterocycles. The zero-order valence-corrected chi connectivity index (χ0v) is 20.4. The van der Waals surface area contributed by atoms with Gasteiger partial charge in [-0.05, 0) is 47.0 Å². The van der Waals surface area contributed by atoms with E-state index in [1.165, 1.54) is 30.8 Å². The first-order valence-electron chi connectivity index (χ1n) is 11.2. The summed E-state index contributed by atoms with van der Waals surface area (Å²) in [6.45, 7) is 1.39. The van der Waals surface area contributed by atoms with Crippen molar-refractivity contribution >= 4 is 45.9 Å². The predicted molar refractivity (Wildman–Crippen MR) is 135 cm³/mol. The van der Waals surface area contributed by atoms with E-state index in [0.29, 0.717) is 16.9 Å². The highest BCUT2D eigenvalue weighted by atomic mass is 32.2. The van der Waals surface area contributed by atoms with E-state index < -0.39 is 40.7 Å². The van der Waals surface area contributed by atoms with Crippen molar-refractivity contribution in [3.05, 3.63) is 112 Å². The maximum atomic E-state index is 14.4. The molecule has 0 saturated carbocycles. The number of benzene rings is 4. The molecular formula is C28H16F6N2OS. The Morgan fingerprint density at radius 1 is 0.789 bits per heavy atom. The molecule has 5 rings (SSSR count). The summed E-state index contributed by atoms with van der Waals surface area (Å²) in [7, 11) is 0. The fourth-order valence-corrected chi connectivity index (χ4v) is 5.13. The summed E-state index contributed by atoms with van der Waals surface area (Å²) in [5, 5.41) is 5.51. The van der Waals surface area contributed by atoms with Crippen LogP contribution < -0.4 is 5.01 Å². The maximum absolute atomic E-state index is 14.4. The van der Waals surface area contributed by atoms with Crippen LogP contribution in [0.1, 0.15) is 18.1 Å². The number of thioether (sulfide) groups is 1. The molecule has 0 spiro atoms. The standard InChI is InChI=1S/C28H16F6N2OS/c1-14-19(28(37)36(35-14)27-25(33)23(31)22(30)24(32)26(27)34)12-15-10-11-21(18-8-4-3-7-17(15)18)38-13-16-6-2-5-9-20(16)29/h2-12H,13H2,1H3/b19-12+. The number of carbonyl (C=O) groups excluding carboxylic acids is 1. The molecule has 1 aliphatic rings. The smallest absolute Gasteiger partial charge is 0.267 e. The number of carbonyl (C=O) groups is 1. The van der Waals surface area contributed by atoms with Gasteiger partial charge in [0.2, 0.25) is 5.82 Å². The lowest BCUT2D eigenvalue weighted by molar-refractivity contribution is -0.114. The first-order chi connectivity index (χ1) is 18.2. The molecule has 1 heterocycles. The van der Waals surface area contributed by atoms with Gasteiger partial charge in [-0.1, -0.05) is 48.5 Å². The van der Waals surface area contributed by atoms with Crippen molar-refractivity contribution in [3.8, 4) is 0 Å². The van der Waals surface area contributed by atoms with Crippen LogP contribution in [-0.2, 0) is 10.5 Å². The van der Waals surface area contributed by atoms with E-state index >= 15 is 0 Å². The number of nitrogens with zero attached hydrogens (tertiary/aromatic N) is 2. The zero-order valence-electron chi connectivity index (χ0n) is 19.5. The summed E-state index contributed by atoms with van der Waals surface area (Å²) in [6.07, 6.45) is 1.45. The minimum atomic E-state index is -2.33. The summed E-state index contributed by atoms with van der Waals surface area (Å²) >= 11 is 1.43. The summed E-state index contributed by atoms with van der Waals surface area (Å²) in [5.74, 6) is -12.0. The third-order valence-corrected chi connectivity index (χ3v) is 7.14. The molecule has 192 valence electrons. The second kappa shape index (κ2) is 10.0. The van der Waals surface area contributed by atoms with Crippen LogP contribution in [0.2, 0.25) is 0 Å². The number of hydrogen-bond donors (Lipinski definition) is 0. The van der Waals surface area contributed by atoms with Crippen LogP contribution in [-0.4, -0.2) is 11.6 Å². The van der Waals surface area contributed by atoms with Crippen molar-refractivity contribution < 1.29 is 31.1 Å². The van der Waals surface area contributed by atoms with E-state index in [2.05, 4.69) is 5.10 Å². The molecule has 10 heteroatoms. The number of rotatable bonds is 5. The molecule has 0 unspecified atom stereocenters. The van der Waals surface area contributed by atoms with Crippen molar-refractivity contribution in [1.29, 1.82) is 0 Å². The molecule has 1 aliphatic heterocycles. The van der Waals surface area contributed by atoms with Crippen molar-refractivity contribution in [2.24, 2.45) is 5.10 Å². The van der Waals surface area contributed by atoms with E-state index in [1.54, 1.807) is 36.4 Å². The molecular weight excluding hydrogens is 526 g/mol. The Morgan fingerprint density at radius 3 is 2.08 bits per heavy atom. The van der Waals surface area contributed by atoms with Crippen LogP contribution in [0.4, 0.5) is 32.0 Å². The molecule has 0 aliphatic carbocycles. The molecule has 0 bridgehead atoms. The number of anilines is 1. The molecule has 0 fully saturated rings. The van der Waals surface area contributed by atoms with Crippen LogP contribution in [0.25, 0.3) is 16.8 Å². The van der Waals surface area contributed by atoms with Gasteiger partial charge >= 0.3 is 0 Å². The first kappa shape index (κ1) is 25.6. The monoisotopic (exact) mass is 542 g/mol. The number of hydrogen-bond acceptors (Lipinski definition) is 3. The second-order valence-corrected chi connectivity index (χ2v) is 9.37. The molecule has 0 saturated heterocycles. The molecule has 3 nitrogen and oxygen atoms in total. The van der Waals surface area contributed by atoms with Gasteiger partial charge in [0.1, 0.15) is 11.5 Å². The quantitative estimate of drug-likeness (QED) is 0.0849. The maximum Gasteiger partial charge on any atom is 0.280 e. The molecule has 4 aromatic rings. The highest BCUT2D eigenvalue weighted by Gasteiger charge is 2.37. The Bertz CT molecular complexity index is 1660. The Hall–Kier alpha value is -4.05. The molecule has 1 amide bonds. The predicted octanol–water partition coefficient (Wildman–Crippen LogP) is 7.77. The van der Waals surface area contributed by atoms with Gasteiger partial charge in [-0.25, -0.2) is 26.3 Å². The van der Waals surface area contributed by atoms with E-state index in [4.69, 9.17) is 0 Å². The Kier molecular flexibility index (Phi) is 6.75. The third kappa shape index (κ3) is 4.34. The van der Waals surface area contributed by atoms with Crippen molar-refractivity contribution in [2.45, 2.75) is 17.6 Å². The van der Waals surface area contributed by atoms with Gasteiger partial charge in [-0.3, -0.25) is 4.79 Å². The fourth-order valence-electron chi connectivity index (χ4n) is 4.09. The minimum Gasteiger partial charge on any atom is -0.267 e. The summed E-state index contributed by atoms with van der Waals surface area (Å²) in [6, 6.07) is 17.3. The molecule has 0 radical (unpaired) electrons. The molecule has 0 N–H and O–H groups in total. The Morgan fingerprint density at radius 2 is 1.39 bits per heavy atom. The van der Waals surface area contributed by atoms with Gasteiger partial charge in [-0.2, -0.15) is 10.1 Å². The largest absolute Gasteiger partial charge is 0.280 e. The van der Waals surface area contributed by atoms with E-state index in [0.717, 1.165) is 15.7 Å². The lowest BCUT2D eigenvalue weighted by Crippen LogP contribution is -2.25. The summed E-state index contributed by atoms with van der Waals surface area (Å²) in [4.78, 5) is 13.9.